The van der Waals surface area contributed by atoms with Crippen molar-refractivity contribution < 1.29 is 9.59 Å². The molecule has 2 heterocycles. The average Bonchev–Trinajstić information content (AvgIpc) is 3.34. The molecule has 0 spiro atoms. The van der Waals surface area contributed by atoms with Crippen LogP contribution in [0.2, 0.25) is 0 Å². The lowest BCUT2D eigenvalue weighted by Crippen LogP contribution is -2.44. The van der Waals surface area contributed by atoms with E-state index in [1.54, 1.807) is 22.9 Å². The highest BCUT2D eigenvalue weighted by Gasteiger charge is 2.36. The van der Waals surface area contributed by atoms with Crippen LogP contribution in [0.3, 0.4) is 0 Å². The Balaban J connectivity index is 1.53. The number of thioether (sulfide) groups is 1. The summed E-state index contributed by atoms with van der Waals surface area (Å²) in [6, 6.07) is 13.1. The zero-order valence-corrected chi connectivity index (χ0v) is 17.5. The molecule has 3 aromatic rings. The molecule has 6 nitrogen and oxygen atoms in total. The van der Waals surface area contributed by atoms with Crippen molar-refractivity contribution in [3.05, 3.63) is 59.8 Å². The van der Waals surface area contributed by atoms with Gasteiger partial charge in [0.25, 0.3) is 5.91 Å². The van der Waals surface area contributed by atoms with Gasteiger partial charge in [0.2, 0.25) is 5.91 Å². The minimum atomic E-state index is -0.491. The SMILES string of the molecule is Cc1cc(NC(=O)[C@@H]2CSCN2C(=O)c2c[nH]c3ccccc23)ccc1N(C)C. The number of nitrogens with zero attached hydrogens (tertiary/aromatic N) is 2. The Bertz CT molecular complexity index is 1080. The molecule has 1 atom stereocenters. The molecule has 150 valence electrons. The van der Waals surface area contributed by atoms with Gasteiger partial charge in [-0.2, -0.15) is 0 Å². The second-order valence-corrected chi connectivity index (χ2v) is 8.42. The van der Waals surface area contributed by atoms with Gasteiger partial charge in [0, 0.05) is 48.3 Å². The Labute approximate surface area is 174 Å². The van der Waals surface area contributed by atoms with E-state index in [4.69, 9.17) is 0 Å². The fraction of sp³-hybridized carbons (Fsp3) is 0.273. The number of benzene rings is 2. The van der Waals surface area contributed by atoms with Gasteiger partial charge in [0.1, 0.15) is 6.04 Å². The molecule has 1 fully saturated rings. The molecular formula is C22H24N4O2S. The summed E-state index contributed by atoms with van der Waals surface area (Å²) in [5, 5.41) is 3.86. The van der Waals surface area contributed by atoms with Crippen LogP contribution in [0.15, 0.2) is 48.7 Å². The number of hydrogen-bond acceptors (Lipinski definition) is 4. The van der Waals surface area contributed by atoms with Gasteiger partial charge in [-0.3, -0.25) is 9.59 Å². The molecule has 1 aliphatic rings. The molecule has 1 aromatic heterocycles. The van der Waals surface area contributed by atoms with Crippen LogP contribution in [0.4, 0.5) is 11.4 Å². The third kappa shape index (κ3) is 3.70. The number of carbonyl (C=O) groups is 2. The molecule has 1 aliphatic heterocycles. The Morgan fingerprint density at radius 2 is 2.00 bits per heavy atom. The Hall–Kier alpha value is -2.93. The summed E-state index contributed by atoms with van der Waals surface area (Å²) in [6.07, 6.45) is 1.73. The average molecular weight is 409 g/mol. The third-order valence-electron chi connectivity index (χ3n) is 5.21. The number of amides is 2. The minimum absolute atomic E-state index is 0.119. The summed E-state index contributed by atoms with van der Waals surface area (Å²) in [6.45, 7) is 2.02. The zero-order chi connectivity index (χ0) is 20.5. The first-order valence-electron chi connectivity index (χ1n) is 9.49. The van der Waals surface area contributed by atoms with Crippen molar-refractivity contribution in [2.45, 2.75) is 13.0 Å². The summed E-state index contributed by atoms with van der Waals surface area (Å²) in [5.74, 6) is 0.830. The van der Waals surface area contributed by atoms with E-state index >= 15 is 0 Å². The van der Waals surface area contributed by atoms with Crippen molar-refractivity contribution in [2.75, 3.05) is 35.9 Å². The number of aryl methyl sites for hydroxylation is 1. The van der Waals surface area contributed by atoms with Crippen LogP contribution in [-0.4, -0.2) is 53.5 Å². The van der Waals surface area contributed by atoms with Gasteiger partial charge in [-0.05, 0) is 36.8 Å². The topological polar surface area (TPSA) is 68.4 Å². The highest BCUT2D eigenvalue weighted by molar-refractivity contribution is 7.99. The normalized spacial score (nSPS) is 16.2. The van der Waals surface area contributed by atoms with E-state index < -0.39 is 6.04 Å². The first kappa shape index (κ1) is 19.4. The van der Waals surface area contributed by atoms with Crippen LogP contribution in [0.5, 0.6) is 0 Å². The van der Waals surface area contributed by atoms with E-state index in [9.17, 15) is 9.59 Å². The summed E-state index contributed by atoms with van der Waals surface area (Å²) < 4.78 is 0. The van der Waals surface area contributed by atoms with Gasteiger partial charge in [0.05, 0.1) is 11.4 Å². The monoisotopic (exact) mass is 408 g/mol. The molecule has 2 amide bonds. The van der Waals surface area contributed by atoms with E-state index in [2.05, 4.69) is 10.3 Å². The summed E-state index contributed by atoms with van der Waals surface area (Å²) in [7, 11) is 3.98. The highest BCUT2D eigenvalue weighted by Crippen LogP contribution is 2.28. The molecule has 0 saturated carbocycles. The van der Waals surface area contributed by atoms with E-state index in [1.165, 1.54) is 0 Å². The van der Waals surface area contributed by atoms with Gasteiger partial charge < -0.3 is 20.1 Å². The van der Waals surface area contributed by atoms with E-state index in [-0.39, 0.29) is 11.8 Å². The maximum Gasteiger partial charge on any atom is 0.257 e. The van der Waals surface area contributed by atoms with Gasteiger partial charge in [-0.25, -0.2) is 0 Å². The van der Waals surface area contributed by atoms with Crippen molar-refractivity contribution in [3.63, 3.8) is 0 Å². The number of carbonyl (C=O) groups excluding carboxylic acids is 2. The maximum absolute atomic E-state index is 13.2. The van der Waals surface area contributed by atoms with E-state index in [1.807, 2.05) is 68.4 Å². The second kappa shape index (κ2) is 7.83. The number of rotatable bonds is 4. The summed E-state index contributed by atoms with van der Waals surface area (Å²) >= 11 is 1.60. The first-order chi connectivity index (χ1) is 14.0. The van der Waals surface area contributed by atoms with Gasteiger partial charge >= 0.3 is 0 Å². The molecular weight excluding hydrogens is 384 g/mol. The van der Waals surface area contributed by atoms with Gasteiger partial charge in [-0.1, -0.05) is 18.2 Å². The Kier molecular flexibility index (Phi) is 5.24. The molecule has 0 unspecified atom stereocenters. The summed E-state index contributed by atoms with van der Waals surface area (Å²) in [4.78, 5) is 33.0. The molecule has 0 bridgehead atoms. The fourth-order valence-electron chi connectivity index (χ4n) is 3.72. The van der Waals surface area contributed by atoms with Crippen LogP contribution in [0.1, 0.15) is 15.9 Å². The van der Waals surface area contributed by atoms with Crippen molar-refractivity contribution in [3.8, 4) is 0 Å². The standard InChI is InChI=1S/C22H24N4O2S/c1-14-10-15(8-9-19(14)25(2)3)24-21(27)20-12-29-13-26(20)22(28)17-11-23-18-7-5-4-6-16(17)18/h4-11,20,23H,12-13H2,1-3H3,(H,24,27)/t20-/m0/s1. The van der Waals surface area contributed by atoms with Crippen LogP contribution < -0.4 is 10.2 Å². The van der Waals surface area contributed by atoms with Gasteiger partial charge in [-0.15, -0.1) is 11.8 Å². The molecule has 7 heteroatoms. The number of H-pyrrole nitrogens is 1. The van der Waals surface area contributed by atoms with Crippen molar-refractivity contribution in [1.29, 1.82) is 0 Å². The number of aromatic amines is 1. The summed E-state index contributed by atoms with van der Waals surface area (Å²) in [5.41, 5.74) is 4.46. The van der Waals surface area contributed by atoms with Crippen molar-refractivity contribution in [1.82, 2.24) is 9.88 Å². The molecule has 1 saturated heterocycles. The van der Waals surface area contributed by atoms with Crippen LogP contribution in [0.25, 0.3) is 10.9 Å². The number of nitrogens with one attached hydrogen (secondary N) is 2. The van der Waals surface area contributed by atoms with E-state index in [0.717, 1.165) is 27.8 Å². The third-order valence-corrected chi connectivity index (χ3v) is 6.22. The number of hydrogen-bond donors (Lipinski definition) is 2. The number of anilines is 2. The molecule has 4 rings (SSSR count). The lowest BCUT2D eigenvalue weighted by atomic mass is 10.1. The number of fused-ring (bicyclic) bond motifs is 1. The maximum atomic E-state index is 13.2. The Morgan fingerprint density at radius 3 is 2.76 bits per heavy atom. The second-order valence-electron chi connectivity index (χ2n) is 7.42. The van der Waals surface area contributed by atoms with Crippen LogP contribution in [0, 0.1) is 6.92 Å². The quantitative estimate of drug-likeness (QED) is 0.691. The molecule has 2 N–H and O–H groups in total. The lowest BCUT2D eigenvalue weighted by Gasteiger charge is -2.23. The zero-order valence-electron chi connectivity index (χ0n) is 16.7. The highest BCUT2D eigenvalue weighted by atomic mass is 32.2. The molecule has 29 heavy (non-hydrogen) atoms. The number of para-hydroxylation sites is 1. The van der Waals surface area contributed by atoms with Crippen LogP contribution in [-0.2, 0) is 4.79 Å². The van der Waals surface area contributed by atoms with Crippen LogP contribution >= 0.6 is 11.8 Å². The molecule has 0 radical (unpaired) electrons. The minimum Gasteiger partial charge on any atom is -0.377 e. The van der Waals surface area contributed by atoms with Crippen molar-refractivity contribution in [2.24, 2.45) is 0 Å². The van der Waals surface area contributed by atoms with Crippen molar-refractivity contribution >= 4 is 45.9 Å². The first-order valence-corrected chi connectivity index (χ1v) is 10.6. The fourth-order valence-corrected chi connectivity index (χ4v) is 4.88. The number of aromatic nitrogens is 1. The van der Waals surface area contributed by atoms with E-state index in [0.29, 0.717) is 17.2 Å². The molecule has 0 aliphatic carbocycles. The Morgan fingerprint density at radius 1 is 1.21 bits per heavy atom. The largest absolute Gasteiger partial charge is 0.377 e. The molecule has 2 aromatic carbocycles. The predicted octanol–water partition coefficient (Wildman–Crippen LogP) is 3.70. The van der Waals surface area contributed by atoms with Gasteiger partial charge in [0.15, 0.2) is 0 Å². The lowest BCUT2D eigenvalue weighted by molar-refractivity contribution is -0.119. The predicted molar refractivity (Wildman–Crippen MR) is 120 cm³/mol. The smallest absolute Gasteiger partial charge is 0.257 e.